The summed E-state index contributed by atoms with van der Waals surface area (Å²) in [5, 5.41) is 0. The van der Waals surface area contributed by atoms with Gasteiger partial charge in [0.05, 0.1) is 11.5 Å². The first-order chi connectivity index (χ1) is 7.63. The number of hydroxylamine groups is 1. The Bertz CT molecular complexity index is 264. The van der Waals surface area contributed by atoms with Crippen molar-refractivity contribution in [3.05, 3.63) is 0 Å². The molecule has 2 atom stereocenters. The molecule has 2 aliphatic rings. The van der Waals surface area contributed by atoms with Crippen molar-refractivity contribution in [2.24, 2.45) is 11.1 Å². The maximum atomic E-state index is 12.0. The van der Waals surface area contributed by atoms with E-state index < -0.39 is 5.41 Å². The Hall–Kier alpha value is -0.610. The van der Waals surface area contributed by atoms with Crippen molar-refractivity contribution in [1.29, 1.82) is 0 Å². The van der Waals surface area contributed by atoms with Crippen molar-refractivity contribution in [2.75, 3.05) is 0 Å². The second kappa shape index (κ2) is 4.72. The Labute approximate surface area is 96.9 Å². The van der Waals surface area contributed by atoms with Gasteiger partial charge in [-0.15, -0.1) is 0 Å². The zero-order valence-electron chi connectivity index (χ0n) is 10.00. The van der Waals surface area contributed by atoms with E-state index in [1.165, 1.54) is 12.8 Å². The molecular weight excluding hydrogens is 204 g/mol. The van der Waals surface area contributed by atoms with Gasteiger partial charge in [0.2, 0.25) is 0 Å². The molecule has 16 heavy (non-hydrogen) atoms. The molecule has 0 heterocycles. The number of nitrogens with one attached hydrogen (secondary N) is 1. The molecule has 0 aliphatic heterocycles. The Balaban J connectivity index is 1.82. The van der Waals surface area contributed by atoms with E-state index in [0.717, 1.165) is 32.1 Å². The molecule has 4 heteroatoms. The number of rotatable bonds is 3. The number of nitrogens with two attached hydrogens (primary N) is 1. The Kier molecular flexibility index (Phi) is 3.50. The summed E-state index contributed by atoms with van der Waals surface area (Å²) in [5.74, 6) is -0.0376. The third kappa shape index (κ3) is 2.23. The SMILES string of the molecule is CC1(C(=O)NOC2CCCC2)CCCC1N. The van der Waals surface area contributed by atoms with Crippen LogP contribution >= 0.6 is 0 Å². The predicted octanol–water partition coefficient (Wildman–Crippen LogP) is 1.49. The van der Waals surface area contributed by atoms with Gasteiger partial charge >= 0.3 is 0 Å². The molecule has 3 N–H and O–H groups in total. The molecule has 92 valence electrons. The monoisotopic (exact) mass is 226 g/mol. The van der Waals surface area contributed by atoms with Crippen molar-refractivity contribution in [1.82, 2.24) is 5.48 Å². The summed E-state index contributed by atoms with van der Waals surface area (Å²) in [7, 11) is 0. The Morgan fingerprint density at radius 3 is 2.56 bits per heavy atom. The third-order valence-corrected chi connectivity index (χ3v) is 4.17. The zero-order valence-corrected chi connectivity index (χ0v) is 10.00. The summed E-state index contributed by atoms with van der Waals surface area (Å²) in [5.41, 5.74) is 8.17. The summed E-state index contributed by atoms with van der Waals surface area (Å²) in [6.07, 6.45) is 7.58. The molecule has 0 aromatic heterocycles. The van der Waals surface area contributed by atoms with Crippen molar-refractivity contribution in [2.45, 2.75) is 64.0 Å². The van der Waals surface area contributed by atoms with Crippen molar-refractivity contribution in [3.8, 4) is 0 Å². The van der Waals surface area contributed by atoms with Crippen LogP contribution in [0.1, 0.15) is 51.9 Å². The Morgan fingerprint density at radius 1 is 1.31 bits per heavy atom. The average molecular weight is 226 g/mol. The second-order valence-corrected chi connectivity index (χ2v) is 5.37. The van der Waals surface area contributed by atoms with Gasteiger partial charge in [0.25, 0.3) is 5.91 Å². The van der Waals surface area contributed by atoms with E-state index in [1.807, 2.05) is 6.92 Å². The lowest BCUT2D eigenvalue weighted by Gasteiger charge is -2.27. The quantitative estimate of drug-likeness (QED) is 0.717. The van der Waals surface area contributed by atoms with Gasteiger partial charge in [-0.3, -0.25) is 9.63 Å². The van der Waals surface area contributed by atoms with E-state index in [9.17, 15) is 4.79 Å². The normalized spacial score (nSPS) is 35.5. The Morgan fingerprint density at radius 2 is 2.00 bits per heavy atom. The number of amides is 1. The fraction of sp³-hybridized carbons (Fsp3) is 0.917. The maximum absolute atomic E-state index is 12.0. The molecular formula is C12H22N2O2. The number of hydrogen-bond acceptors (Lipinski definition) is 3. The van der Waals surface area contributed by atoms with Gasteiger partial charge in [0.1, 0.15) is 0 Å². The van der Waals surface area contributed by atoms with Gasteiger partial charge in [0, 0.05) is 6.04 Å². The van der Waals surface area contributed by atoms with Crippen LogP contribution in [0, 0.1) is 5.41 Å². The topological polar surface area (TPSA) is 64.3 Å². The molecule has 0 radical (unpaired) electrons. The van der Waals surface area contributed by atoms with Gasteiger partial charge in [-0.05, 0) is 32.6 Å². The minimum atomic E-state index is -0.432. The van der Waals surface area contributed by atoms with E-state index in [-0.39, 0.29) is 18.1 Å². The molecule has 0 aromatic carbocycles. The van der Waals surface area contributed by atoms with Crippen LogP contribution in [0.5, 0.6) is 0 Å². The van der Waals surface area contributed by atoms with Crippen molar-refractivity contribution < 1.29 is 9.63 Å². The van der Waals surface area contributed by atoms with E-state index >= 15 is 0 Å². The lowest BCUT2D eigenvalue weighted by Crippen LogP contribution is -2.48. The lowest BCUT2D eigenvalue weighted by atomic mass is 9.84. The molecule has 2 rings (SSSR count). The first kappa shape index (κ1) is 11.9. The summed E-state index contributed by atoms with van der Waals surface area (Å²) in [6, 6.07) is -0.0281. The highest BCUT2D eigenvalue weighted by Crippen LogP contribution is 2.36. The van der Waals surface area contributed by atoms with Crippen LogP contribution in [0.15, 0.2) is 0 Å². The zero-order chi connectivity index (χ0) is 11.6. The molecule has 2 unspecified atom stereocenters. The van der Waals surface area contributed by atoms with Crippen LogP contribution in [0.3, 0.4) is 0 Å². The molecule has 0 saturated heterocycles. The largest absolute Gasteiger partial charge is 0.327 e. The molecule has 2 fully saturated rings. The highest BCUT2D eigenvalue weighted by atomic mass is 16.7. The highest BCUT2D eigenvalue weighted by molar-refractivity contribution is 5.82. The van der Waals surface area contributed by atoms with Crippen molar-refractivity contribution >= 4 is 5.91 Å². The minimum Gasteiger partial charge on any atom is -0.327 e. The molecule has 1 amide bonds. The molecule has 2 saturated carbocycles. The average Bonchev–Trinajstić information content (AvgIpc) is 2.87. The van der Waals surface area contributed by atoms with Crippen LogP contribution in [0.4, 0.5) is 0 Å². The molecule has 4 nitrogen and oxygen atoms in total. The maximum Gasteiger partial charge on any atom is 0.251 e. The van der Waals surface area contributed by atoms with E-state index in [2.05, 4.69) is 5.48 Å². The van der Waals surface area contributed by atoms with Crippen LogP contribution in [-0.4, -0.2) is 18.1 Å². The fourth-order valence-corrected chi connectivity index (χ4v) is 2.73. The summed E-state index contributed by atoms with van der Waals surface area (Å²) in [4.78, 5) is 17.5. The van der Waals surface area contributed by atoms with Gasteiger partial charge < -0.3 is 5.73 Å². The first-order valence-electron chi connectivity index (χ1n) is 6.34. The van der Waals surface area contributed by atoms with Crippen LogP contribution in [0.2, 0.25) is 0 Å². The summed E-state index contributed by atoms with van der Waals surface area (Å²) < 4.78 is 0. The van der Waals surface area contributed by atoms with Gasteiger partial charge in [-0.1, -0.05) is 19.3 Å². The van der Waals surface area contributed by atoms with Gasteiger partial charge in [0.15, 0.2) is 0 Å². The van der Waals surface area contributed by atoms with E-state index in [1.54, 1.807) is 0 Å². The standard InChI is InChI=1S/C12H22N2O2/c1-12(8-4-7-10(12)13)11(15)14-16-9-5-2-3-6-9/h9-10H,2-8,13H2,1H3,(H,14,15). The lowest BCUT2D eigenvalue weighted by molar-refractivity contribution is -0.148. The summed E-state index contributed by atoms with van der Waals surface area (Å²) >= 11 is 0. The molecule has 0 bridgehead atoms. The third-order valence-electron chi connectivity index (χ3n) is 4.17. The van der Waals surface area contributed by atoms with Crippen LogP contribution in [0.25, 0.3) is 0 Å². The molecule has 0 spiro atoms. The van der Waals surface area contributed by atoms with E-state index in [4.69, 9.17) is 10.6 Å². The first-order valence-corrected chi connectivity index (χ1v) is 6.34. The van der Waals surface area contributed by atoms with Gasteiger partial charge in [-0.2, -0.15) is 0 Å². The second-order valence-electron chi connectivity index (χ2n) is 5.37. The number of hydrogen-bond donors (Lipinski definition) is 2. The molecule has 0 aromatic rings. The van der Waals surface area contributed by atoms with E-state index in [0.29, 0.717) is 0 Å². The van der Waals surface area contributed by atoms with Crippen LogP contribution in [-0.2, 0) is 9.63 Å². The highest BCUT2D eigenvalue weighted by Gasteiger charge is 2.43. The molecule has 2 aliphatic carbocycles. The number of carbonyl (C=O) groups is 1. The fourth-order valence-electron chi connectivity index (χ4n) is 2.73. The van der Waals surface area contributed by atoms with Crippen LogP contribution < -0.4 is 11.2 Å². The summed E-state index contributed by atoms with van der Waals surface area (Å²) in [6.45, 7) is 1.94. The predicted molar refractivity (Wildman–Crippen MR) is 61.4 cm³/mol. The van der Waals surface area contributed by atoms with Crippen molar-refractivity contribution in [3.63, 3.8) is 0 Å². The minimum absolute atomic E-state index is 0.0281. The van der Waals surface area contributed by atoms with Gasteiger partial charge in [-0.25, -0.2) is 5.48 Å². The smallest absolute Gasteiger partial charge is 0.251 e. The number of carbonyl (C=O) groups excluding carboxylic acids is 1.